The van der Waals surface area contributed by atoms with E-state index >= 15 is 0 Å². The maximum atomic E-state index is 13.4. The number of hydrogen-bond donors (Lipinski definition) is 1. The highest BCUT2D eigenvalue weighted by Gasteiger charge is 2.30. The molecule has 0 heterocycles. The minimum Gasteiger partial charge on any atom is -0.354 e. The van der Waals surface area contributed by atoms with Crippen LogP contribution in [0.2, 0.25) is 0 Å². The van der Waals surface area contributed by atoms with Crippen LogP contribution in [0.3, 0.4) is 0 Å². The number of carbonyl (C=O) groups is 2. The number of amides is 2. The van der Waals surface area contributed by atoms with Crippen LogP contribution in [-0.2, 0) is 26.2 Å². The van der Waals surface area contributed by atoms with E-state index in [1.807, 2.05) is 31.2 Å². The van der Waals surface area contributed by atoms with Gasteiger partial charge in [0.1, 0.15) is 12.6 Å². The highest BCUT2D eigenvalue weighted by molar-refractivity contribution is 9.10. The molecule has 174 valence electrons. The van der Waals surface area contributed by atoms with Gasteiger partial charge >= 0.3 is 0 Å². The van der Waals surface area contributed by atoms with Gasteiger partial charge in [0, 0.05) is 22.0 Å². The van der Waals surface area contributed by atoms with Crippen molar-refractivity contribution >= 4 is 59.4 Å². The van der Waals surface area contributed by atoms with Crippen molar-refractivity contribution < 1.29 is 18.0 Å². The normalized spacial score (nSPS) is 12.2. The Morgan fingerprint density at radius 2 is 1.72 bits per heavy atom. The lowest BCUT2D eigenvalue weighted by Crippen LogP contribution is -2.51. The molecule has 10 heteroatoms. The first-order valence-electron chi connectivity index (χ1n) is 10.1. The van der Waals surface area contributed by atoms with Crippen LogP contribution in [0.25, 0.3) is 0 Å². The standard InChI is InChI=1S/C22H27Br2N3O4S/c1-4-12-25-22(29)16(2)26(14-17-8-10-18(23)11-9-17)21(28)15-27(32(3,30)31)20-7-5-6-19(24)13-20/h5-11,13,16H,4,12,14-15H2,1-3H3,(H,25,29). The molecule has 0 saturated heterocycles. The van der Waals surface area contributed by atoms with E-state index in [-0.39, 0.29) is 12.5 Å². The van der Waals surface area contributed by atoms with Crippen LogP contribution < -0.4 is 9.62 Å². The van der Waals surface area contributed by atoms with Crippen molar-refractivity contribution in [2.75, 3.05) is 23.7 Å². The molecule has 2 aromatic carbocycles. The van der Waals surface area contributed by atoms with Crippen molar-refractivity contribution in [3.8, 4) is 0 Å². The summed E-state index contributed by atoms with van der Waals surface area (Å²) in [7, 11) is -3.74. The lowest BCUT2D eigenvalue weighted by atomic mass is 10.1. The summed E-state index contributed by atoms with van der Waals surface area (Å²) in [4.78, 5) is 27.4. The molecule has 0 aliphatic rings. The minimum atomic E-state index is -3.74. The van der Waals surface area contributed by atoms with Gasteiger partial charge in [-0.05, 0) is 49.2 Å². The van der Waals surface area contributed by atoms with Crippen LogP contribution in [-0.4, -0.2) is 50.5 Å². The zero-order chi connectivity index (χ0) is 23.9. The second kappa shape index (κ2) is 11.8. The average Bonchev–Trinajstić information content (AvgIpc) is 2.73. The summed E-state index contributed by atoms with van der Waals surface area (Å²) >= 11 is 6.72. The van der Waals surface area contributed by atoms with Gasteiger partial charge in [0.05, 0.1) is 11.9 Å². The fraction of sp³-hybridized carbons (Fsp3) is 0.364. The zero-order valence-electron chi connectivity index (χ0n) is 18.2. The molecule has 7 nitrogen and oxygen atoms in total. The van der Waals surface area contributed by atoms with Crippen molar-refractivity contribution in [2.24, 2.45) is 0 Å². The van der Waals surface area contributed by atoms with E-state index in [1.54, 1.807) is 31.2 Å². The Balaban J connectivity index is 2.35. The average molecular weight is 589 g/mol. The quantitative estimate of drug-likeness (QED) is 0.456. The number of halogens is 2. The van der Waals surface area contributed by atoms with Crippen LogP contribution in [0.15, 0.2) is 57.5 Å². The first-order valence-corrected chi connectivity index (χ1v) is 13.5. The molecule has 32 heavy (non-hydrogen) atoms. The number of rotatable bonds is 10. The van der Waals surface area contributed by atoms with Crippen LogP contribution in [0.4, 0.5) is 5.69 Å². The van der Waals surface area contributed by atoms with E-state index in [1.165, 1.54) is 4.90 Å². The molecule has 0 spiro atoms. The van der Waals surface area contributed by atoms with E-state index < -0.39 is 28.5 Å². The van der Waals surface area contributed by atoms with Gasteiger partial charge in [-0.25, -0.2) is 8.42 Å². The Kier molecular flexibility index (Phi) is 9.72. The van der Waals surface area contributed by atoms with E-state index in [0.29, 0.717) is 16.7 Å². The molecule has 1 N–H and O–H groups in total. The van der Waals surface area contributed by atoms with Crippen LogP contribution in [0.1, 0.15) is 25.8 Å². The Labute approximate surface area is 206 Å². The number of nitrogens with zero attached hydrogens (tertiary/aromatic N) is 2. The van der Waals surface area contributed by atoms with Crippen molar-refractivity contribution in [3.63, 3.8) is 0 Å². The van der Waals surface area contributed by atoms with Gasteiger partial charge in [-0.3, -0.25) is 13.9 Å². The molecule has 0 aliphatic carbocycles. The monoisotopic (exact) mass is 587 g/mol. The van der Waals surface area contributed by atoms with Crippen molar-refractivity contribution in [3.05, 3.63) is 63.0 Å². The lowest BCUT2D eigenvalue weighted by Gasteiger charge is -2.31. The first-order chi connectivity index (χ1) is 15.0. The first kappa shape index (κ1) is 26.3. The summed E-state index contributed by atoms with van der Waals surface area (Å²) in [6.45, 7) is 3.83. The summed E-state index contributed by atoms with van der Waals surface area (Å²) in [5.74, 6) is -0.761. The van der Waals surface area contributed by atoms with E-state index in [4.69, 9.17) is 0 Å². The van der Waals surface area contributed by atoms with E-state index in [2.05, 4.69) is 37.2 Å². The Bertz CT molecular complexity index is 1050. The fourth-order valence-corrected chi connectivity index (χ4v) is 4.50. The number of benzene rings is 2. The summed E-state index contributed by atoms with van der Waals surface area (Å²) in [6.07, 6.45) is 1.82. The van der Waals surface area contributed by atoms with Crippen molar-refractivity contribution in [2.45, 2.75) is 32.9 Å². The number of nitrogens with one attached hydrogen (secondary N) is 1. The molecule has 0 fully saturated rings. The molecule has 2 aromatic rings. The largest absolute Gasteiger partial charge is 0.354 e. The smallest absolute Gasteiger partial charge is 0.244 e. The lowest BCUT2D eigenvalue weighted by molar-refractivity contribution is -0.139. The summed E-state index contributed by atoms with van der Waals surface area (Å²) < 4.78 is 27.6. The topological polar surface area (TPSA) is 86.8 Å². The number of anilines is 1. The third-order valence-corrected chi connectivity index (χ3v) is 6.92. The summed E-state index contributed by atoms with van der Waals surface area (Å²) in [5, 5.41) is 2.81. The number of carbonyl (C=O) groups excluding carboxylic acids is 2. The molecule has 0 aliphatic heterocycles. The highest BCUT2D eigenvalue weighted by atomic mass is 79.9. The van der Waals surface area contributed by atoms with Crippen LogP contribution in [0.5, 0.6) is 0 Å². The van der Waals surface area contributed by atoms with Crippen molar-refractivity contribution in [1.82, 2.24) is 10.2 Å². The molecule has 2 amide bonds. The highest BCUT2D eigenvalue weighted by Crippen LogP contribution is 2.23. The third-order valence-electron chi connectivity index (χ3n) is 4.76. The predicted molar refractivity (Wildman–Crippen MR) is 134 cm³/mol. The second-order valence-electron chi connectivity index (χ2n) is 7.36. The molecule has 0 radical (unpaired) electrons. The molecule has 2 rings (SSSR count). The maximum Gasteiger partial charge on any atom is 0.244 e. The van der Waals surface area contributed by atoms with Crippen LogP contribution in [0, 0.1) is 0 Å². The van der Waals surface area contributed by atoms with Gasteiger partial charge in [-0.2, -0.15) is 0 Å². The summed E-state index contributed by atoms with van der Waals surface area (Å²) in [6, 6.07) is 13.3. The Hall–Kier alpha value is -1.91. The van der Waals surface area contributed by atoms with Gasteiger partial charge in [0.15, 0.2) is 0 Å². The molecular formula is C22H27Br2N3O4S. The molecule has 1 atom stereocenters. The molecule has 1 unspecified atom stereocenters. The zero-order valence-corrected chi connectivity index (χ0v) is 22.2. The van der Waals surface area contributed by atoms with E-state index in [9.17, 15) is 18.0 Å². The van der Waals surface area contributed by atoms with Gasteiger partial charge in [-0.15, -0.1) is 0 Å². The third kappa shape index (κ3) is 7.60. The summed E-state index contributed by atoms with van der Waals surface area (Å²) in [5.41, 5.74) is 1.19. The van der Waals surface area contributed by atoms with Gasteiger partial charge in [0.2, 0.25) is 21.8 Å². The molecular weight excluding hydrogens is 562 g/mol. The van der Waals surface area contributed by atoms with E-state index in [0.717, 1.165) is 27.0 Å². The van der Waals surface area contributed by atoms with Crippen LogP contribution >= 0.6 is 31.9 Å². The minimum absolute atomic E-state index is 0.170. The second-order valence-corrected chi connectivity index (χ2v) is 11.1. The van der Waals surface area contributed by atoms with Gasteiger partial charge < -0.3 is 10.2 Å². The Morgan fingerprint density at radius 3 is 2.28 bits per heavy atom. The van der Waals surface area contributed by atoms with Crippen molar-refractivity contribution in [1.29, 1.82) is 0 Å². The molecule has 0 aromatic heterocycles. The Morgan fingerprint density at radius 1 is 1.06 bits per heavy atom. The predicted octanol–water partition coefficient (Wildman–Crippen LogP) is 3.92. The molecule has 0 bridgehead atoms. The van der Waals surface area contributed by atoms with Gasteiger partial charge in [-0.1, -0.05) is 57.0 Å². The van der Waals surface area contributed by atoms with Gasteiger partial charge in [0.25, 0.3) is 0 Å². The fourth-order valence-electron chi connectivity index (χ4n) is 3.01. The number of hydrogen-bond acceptors (Lipinski definition) is 4. The maximum absolute atomic E-state index is 13.4. The SMILES string of the molecule is CCCNC(=O)C(C)N(Cc1ccc(Br)cc1)C(=O)CN(c1cccc(Br)c1)S(C)(=O)=O. The molecule has 0 saturated carbocycles. The number of sulfonamides is 1.